The Morgan fingerprint density at radius 1 is 0.950 bits per heavy atom. The van der Waals surface area contributed by atoms with Crippen molar-refractivity contribution in [2.75, 3.05) is 0 Å². The monoisotopic (exact) mass is 261 g/mol. The molecule has 2 aliphatic rings. The van der Waals surface area contributed by atoms with Gasteiger partial charge in [0.25, 0.3) is 0 Å². The molecule has 0 amide bonds. The van der Waals surface area contributed by atoms with Crippen molar-refractivity contribution in [2.45, 2.75) is 13.3 Å². The Hall–Kier alpha value is -2.29. The van der Waals surface area contributed by atoms with Crippen LogP contribution in [0.4, 0.5) is 0 Å². The third-order valence-electron chi connectivity index (χ3n) is 3.85. The average molecular weight is 261 g/mol. The van der Waals surface area contributed by atoms with Gasteiger partial charge < -0.3 is 0 Å². The van der Waals surface area contributed by atoms with Crippen molar-refractivity contribution in [3.05, 3.63) is 60.2 Å². The standard InChI is InChI=1S/C17H15N3/c1-11-18-16(12-5-3-2-4-6-12)20-17(19-11)14-8-7-13-9-15(13)10-14/h2-8,10,13,15H,9H2,1H3. The Labute approximate surface area is 118 Å². The first-order valence-corrected chi connectivity index (χ1v) is 6.98. The molecule has 2 unspecified atom stereocenters. The summed E-state index contributed by atoms with van der Waals surface area (Å²) >= 11 is 0. The smallest absolute Gasteiger partial charge is 0.163 e. The van der Waals surface area contributed by atoms with Gasteiger partial charge in [-0.3, -0.25) is 0 Å². The predicted octanol–water partition coefficient (Wildman–Crippen LogP) is 3.44. The Balaban J connectivity index is 1.78. The summed E-state index contributed by atoms with van der Waals surface area (Å²) in [6.07, 6.45) is 8.00. The quantitative estimate of drug-likeness (QED) is 0.831. The van der Waals surface area contributed by atoms with Crippen molar-refractivity contribution in [2.24, 2.45) is 11.8 Å². The highest BCUT2D eigenvalue weighted by Crippen LogP contribution is 2.45. The molecule has 1 aromatic carbocycles. The summed E-state index contributed by atoms with van der Waals surface area (Å²) in [5.41, 5.74) is 2.16. The van der Waals surface area contributed by atoms with Crippen molar-refractivity contribution in [1.29, 1.82) is 0 Å². The number of rotatable bonds is 2. The SMILES string of the molecule is Cc1nc(C2=CC3CC3C=C2)nc(-c2ccccc2)n1. The molecule has 98 valence electrons. The molecule has 2 aliphatic carbocycles. The van der Waals surface area contributed by atoms with Gasteiger partial charge in [0, 0.05) is 11.1 Å². The van der Waals surface area contributed by atoms with Crippen LogP contribution in [0.3, 0.4) is 0 Å². The molecular weight excluding hydrogens is 246 g/mol. The van der Waals surface area contributed by atoms with Gasteiger partial charge in [0.2, 0.25) is 0 Å². The second kappa shape index (κ2) is 4.37. The molecule has 0 radical (unpaired) electrons. The molecule has 1 heterocycles. The summed E-state index contributed by atoms with van der Waals surface area (Å²) in [4.78, 5) is 13.6. The van der Waals surface area contributed by atoms with Crippen LogP contribution in [-0.2, 0) is 0 Å². The van der Waals surface area contributed by atoms with E-state index in [1.165, 1.54) is 6.42 Å². The zero-order chi connectivity index (χ0) is 13.5. The summed E-state index contributed by atoms with van der Waals surface area (Å²) in [7, 11) is 0. The molecule has 1 fully saturated rings. The molecule has 3 nitrogen and oxygen atoms in total. The van der Waals surface area contributed by atoms with Crippen molar-refractivity contribution in [3.63, 3.8) is 0 Å². The third kappa shape index (κ3) is 2.05. The van der Waals surface area contributed by atoms with E-state index in [4.69, 9.17) is 0 Å². The summed E-state index contributed by atoms with van der Waals surface area (Å²) < 4.78 is 0. The maximum Gasteiger partial charge on any atom is 0.163 e. The molecule has 0 bridgehead atoms. The van der Waals surface area contributed by atoms with E-state index in [2.05, 4.69) is 33.2 Å². The molecule has 0 N–H and O–H groups in total. The Kier molecular flexibility index (Phi) is 2.52. The van der Waals surface area contributed by atoms with E-state index in [0.29, 0.717) is 5.92 Å². The number of benzene rings is 1. The highest BCUT2D eigenvalue weighted by Gasteiger charge is 2.35. The first kappa shape index (κ1) is 11.5. The minimum Gasteiger partial charge on any atom is -0.213 e. The molecule has 20 heavy (non-hydrogen) atoms. The van der Waals surface area contributed by atoms with Gasteiger partial charge in [0.15, 0.2) is 11.6 Å². The lowest BCUT2D eigenvalue weighted by atomic mass is 10.1. The summed E-state index contributed by atoms with van der Waals surface area (Å²) in [6.45, 7) is 1.92. The van der Waals surface area contributed by atoms with E-state index in [-0.39, 0.29) is 0 Å². The lowest BCUT2D eigenvalue weighted by molar-refractivity contribution is 0.943. The Morgan fingerprint density at radius 3 is 2.55 bits per heavy atom. The largest absolute Gasteiger partial charge is 0.213 e. The van der Waals surface area contributed by atoms with Crippen LogP contribution in [0.15, 0.2) is 48.6 Å². The fraction of sp³-hybridized carbons (Fsp3) is 0.235. The second-order valence-corrected chi connectivity index (χ2v) is 5.44. The number of nitrogens with zero attached hydrogens (tertiary/aromatic N) is 3. The van der Waals surface area contributed by atoms with Crippen molar-refractivity contribution in [1.82, 2.24) is 15.0 Å². The fourth-order valence-corrected chi connectivity index (χ4v) is 2.64. The molecular formula is C17H15N3. The topological polar surface area (TPSA) is 38.7 Å². The van der Waals surface area contributed by atoms with Gasteiger partial charge in [-0.15, -0.1) is 0 Å². The van der Waals surface area contributed by atoms with E-state index in [1.54, 1.807) is 0 Å². The lowest BCUT2D eigenvalue weighted by Crippen LogP contribution is -2.02. The van der Waals surface area contributed by atoms with Gasteiger partial charge >= 0.3 is 0 Å². The lowest BCUT2D eigenvalue weighted by Gasteiger charge is -2.08. The van der Waals surface area contributed by atoms with Crippen LogP contribution in [0.2, 0.25) is 0 Å². The predicted molar refractivity (Wildman–Crippen MR) is 78.7 cm³/mol. The molecule has 3 heteroatoms. The van der Waals surface area contributed by atoms with E-state index in [0.717, 1.165) is 34.5 Å². The number of hydrogen-bond acceptors (Lipinski definition) is 3. The summed E-state index contributed by atoms with van der Waals surface area (Å²) in [5, 5.41) is 0. The number of fused-ring (bicyclic) bond motifs is 1. The number of aromatic nitrogens is 3. The van der Waals surface area contributed by atoms with Crippen molar-refractivity contribution < 1.29 is 0 Å². The molecule has 1 aromatic heterocycles. The van der Waals surface area contributed by atoms with E-state index in [9.17, 15) is 0 Å². The maximum atomic E-state index is 4.64. The van der Waals surface area contributed by atoms with Gasteiger partial charge in [-0.1, -0.05) is 48.6 Å². The molecule has 0 spiro atoms. The maximum absolute atomic E-state index is 4.64. The van der Waals surface area contributed by atoms with Crippen LogP contribution in [0.25, 0.3) is 17.0 Å². The van der Waals surface area contributed by atoms with Crippen LogP contribution in [0, 0.1) is 18.8 Å². The van der Waals surface area contributed by atoms with E-state index in [1.807, 2.05) is 37.3 Å². The van der Waals surface area contributed by atoms with Crippen LogP contribution in [-0.4, -0.2) is 15.0 Å². The molecule has 1 saturated carbocycles. The zero-order valence-electron chi connectivity index (χ0n) is 11.3. The van der Waals surface area contributed by atoms with Gasteiger partial charge in [0.05, 0.1) is 0 Å². The van der Waals surface area contributed by atoms with Crippen LogP contribution < -0.4 is 0 Å². The van der Waals surface area contributed by atoms with Crippen molar-refractivity contribution >= 4 is 5.57 Å². The number of hydrogen-bond donors (Lipinski definition) is 0. The van der Waals surface area contributed by atoms with Crippen LogP contribution in [0.5, 0.6) is 0 Å². The molecule has 2 atom stereocenters. The Morgan fingerprint density at radius 2 is 1.75 bits per heavy atom. The fourth-order valence-electron chi connectivity index (χ4n) is 2.64. The molecule has 4 rings (SSSR count). The van der Waals surface area contributed by atoms with E-state index < -0.39 is 0 Å². The van der Waals surface area contributed by atoms with Gasteiger partial charge in [0.1, 0.15) is 5.82 Å². The highest BCUT2D eigenvalue weighted by molar-refractivity contribution is 5.73. The second-order valence-electron chi connectivity index (χ2n) is 5.44. The average Bonchev–Trinajstić information content (AvgIpc) is 3.26. The molecule has 0 saturated heterocycles. The first-order chi connectivity index (χ1) is 9.79. The summed E-state index contributed by atoms with van der Waals surface area (Å²) in [6, 6.07) is 10.1. The molecule has 2 aromatic rings. The first-order valence-electron chi connectivity index (χ1n) is 6.98. The normalized spacial score (nSPS) is 23.1. The highest BCUT2D eigenvalue weighted by atomic mass is 15.0. The van der Waals surface area contributed by atoms with Crippen LogP contribution >= 0.6 is 0 Å². The minimum absolute atomic E-state index is 0.701. The zero-order valence-corrected chi connectivity index (χ0v) is 11.3. The molecule has 0 aliphatic heterocycles. The number of allylic oxidation sites excluding steroid dienone is 4. The summed E-state index contributed by atoms with van der Waals surface area (Å²) in [5.74, 6) is 3.77. The van der Waals surface area contributed by atoms with Gasteiger partial charge in [-0.2, -0.15) is 0 Å². The number of aryl methyl sites for hydroxylation is 1. The van der Waals surface area contributed by atoms with Crippen LogP contribution in [0.1, 0.15) is 18.1 Å². The third-order valence-corrected chi connectivity index (χ3v) is 3.85. The van der Waals surface area contributed by atoms with E-state index >= 15 is 0 Å². The Bertz CT molecular complexity index is 716. The minimum atomic E-state index is 0.701. The van der Waals surface area contributed by atoms with Gasteiger partial charge in [-0.25, -0.2) is 15.0 Å². The van der Waals surface area contributed by atoms with Crippen molar-refractivity contribution in [3.8, 4) is 11.4 Å². The van der Waals surface area contributed by atoms with Gasteiger partial charge in [-0.05, 0) is 25.2 Å².